The lowest BCUT2D eigenvalue weighted by molar-refractivity contribution is -0.231. The van der Waals surface area contributed by atoms with Gasteiger partial charge in [-0.25, -0.2) is 0 Å². The van der Waals surface area contributed by atoms with E-state index in [0.29, 0.717) is 17.0 Å². The van der Waals surface area contributed by atoms with Gasteiger partial charge in [-0.05, 0) is 36.2 Å². The molecular formula is C21H22ClN3O5S. The van der Waals surface area contributed by atoms with Crippen molar-refractivity contribution in [3.05, 3.63) is 63.4 Å². The summed E-state index contributed by atoms with van der Waals surface area (Å²) in [6.07, 6.45) is -3.94. The molecule has 0 radical (unpaired) electrons. The van der Waals surface area contributed by atoms with Crippen molar-refractivity contribution in [2.75, 3.05) is 6.61 Å². The number of aromatic nitrogens is 3. The van der Waals surface area contributed by atoms with Gasteiger partial charge in [0, 0.05) is 28.9 Å². The Kier molecular flexibility index (Phi) is 6.63. The molecule has 31 heavy (non-hydrogen) atoms. The summed E-state index contributed by atoms with van der Waals surface area (Å²) in [4.78, 5) is 4.19. The number of aryl methyl sites for hydroxylation is 1. The number of rotatable bonds is 5. The third kappa shape index (κ3) is 4.63. The fourth-order valence-electron chi connectivity index (χ4n) is 3.57. The van der Waals surface area contributed by atoms with Crippen molar-refractivity contribution in [3.63, 3.8) is 0 Å². The molecule has 0 bridgehead atoms. The van der Waals surface area contributed by atoms with Crippen LogP contribution in [-0.2, 0) is 11.2 Å². The van der Waals surface area contributed by atoms with E-state index in [1.165, 1.54) is 11.3 Å². The highest BCUT2D eigenvalue weighted by Gasteiger charge is 2.44. The Morgan fingerprint density at radius 2 is 1.87 bits per heavy atom. The van der Waals surface area contributed by atoms with Crippen molar-refractivity contribution in [1.82, 2.24) is 15.2 Å². The highest BCUT2D eigenvalue weighted by Crippen LogP contribution is 2.35. The van der Waals surface area contributed by atoms with Gasteiger partial charge in [0.2, 0.25) is 0 Å². The molecule has 3 aromatic rings. The fraction of sp³-hybridized carbons (Fsp3) is 0.381. The van der Waals surface area contributed by atoms with Crippen LogP contribution in [0.4, 0.5) is 0 Å². The van der Waals surface area contributed by atoms with Gasteiger partial charge >= 0.3 is 0 Å². The van der Waals surface area contributed by atoms with Crippen LogP contribution in [0.15, 0.2) is 36.5 Å². The van der Waals surface area contributed by atoms with Crippen LogP contribution in [-0.4, -0.2) is 66.6 Å². The third-order valence-electron chi connectivity index (χ3n) is 5.24. The molecule has 4 N–H and O–H groups in total. The first-order valence-electron chi connectivity index (χ1n) is 9.71. The fourth-order valence-corrected chi connectivity index (χ4v) is 4.61. The van der Waals surface area contributed by atoms with Gasteiger partial charge < -0.3 is 25.2 Å². The smallest absolute Gasteiger partial charge is 0.147 e. The van der Waals surface area contributed by atoms with Crippen LogP contribution < -0.4 is 0 Å². The minimum absolute atomic E-state index is 0.422. The topological polar surface area (TPSA) is 129 Å². The number of nitrogens with zero attached hydrogens (tertiary/aromatic N) is 3. The summed E-state index contributed by atoms with van der Waals surface area (Å²) < 4.78 is 5.65. The van der Waals surface area contributed by atoms with Crippen LogP contribution in [0.1, 0.15) is 27.9 Å². The second-order valence-corrected chi connectivity index (χ2v) is 8.93. The third-order valence-corrected chi connectivity index (χ3v) is 6.58. The van der Waals surface area contributed by atoms with Gasteiger partial charge in [-0.3, -0.25) is 4.98 Å². The van der Waals surface area contributed by atoms with Crippen LogP contribution in [0.25, 0.3) is 10.6 Å². The maximum Gasteiger partial charge on any atom is 0.147 e. The quantitative estimate of drug-likeness (QED) is 0.449. The van der Waals surface area contributed by atoms with Crippen LogP contribution in [0, 0.1) is 6.92 Å². The van der Waals surface area contributed by atoms with Gasteiger partial charge in [-0.2, -0.15) is 0 Å². The van der Waals surface area contributed by atoms with E-state index in [2.05, 4.69) is 15.2 Å². The second kappa shape index (κ2) is 9.25. The molecule has 164 valence electrons. The second-order valence-electron chi connectivity index (χ2n) is 7.46. The van der Waals surface area contributed by atoms with E-state index in [0.717, 1.165) is 26.8 Å². The lowest BCUT2D eigenvalue weighted by Gasteiger charge is -2.40. The molecule has 5 unspecified atom stereocenters. The van der Waals surface area contributed by atoms with Crippen molar-refractivity contribution in [2.24, 2.45) is 0 Å². The molecule has 0 aliphatic carbocycles. The summed E-state index contributed by atoms with van der Waals surface area (Å²) in [5.41, 5.74) is 3.16. The van der Waals surface area contributed by atoms with Crippen molar-refractivity contribution < 1.29 is 25.2 Å². The van der Waals surface area contributed by atoms with E-state index in [1.54, 1.807) is 24.4 Å². The number of benzene rings is 1. The first kappa shape index (κ1) is 22.2. The molecule has 2 aromatic heterocycles. The molecule has 0 spiro atoms. The molecular weight excluding hydrogens is 442 g/mol. The summed E-state index contributed by atoms with van der Waals surface area (Å²) in [7, 11) is 0. The lowest BCUT2D eigenvalue weighted by Crippen LogP contribution is -2.55. The van der Waals surface area contributed by atoms with Gasteiger partial charge in [-0.15, -0.1) is 10.2 Å². The normalized spacial score (nSPS) is 26.2. The Morgan fingerprint density at radius 1 is 1.06 bits per heavy atom. The summed E-state index contributed by atoms with van der Waals surface area (Å²) in [5, 5.41) is 50.5. The molecule has 1 aliphatic rings. The average molecular weight is 464 g/mol. The Morgan fingerprint density at radius 3 is 2.61 bits per heavy atom. The highest BCUT2D eigenvalue weighted by atomic mass is 35.5. The maximum absolute atomic E-state index is 10.4. The number of halogens is 1. The van der Waals surface area contributed by atoms with Crippen molar-refractivity contribution in [2.45, 2.75) is 43.9 Å². The number of hydrogen-bond acceptors (Lipinski definition) is 9. The zero-order valence-electron chi connectivity index (χ0n) is 16.6. The van der Waals surface area contributed by atoms with Gasteiger partial charge in [0.25, 0.3) is 0 Å². The van der Waals surface area contributed by atoms with Gasteiger partial charge in [0.1, 0.15) is 40.5 Å². The van der Waals surface area contributed by atoms with E-state index in [1.807, 2.05) is 19.1 Å². The molecule has 0 saturated carbocycles. The zero-order valence-corrected chi connectivity index (χ0v) is 18.2. The molecule has 10 heteroatoms. The van der Waals surface area contributed by atoms with E-state index >= 15 is 0 Å². The minimum Gasteiger partial charge on any atom is -0.394 e. The first-order valence-corrected chi connectivity index (χ1v) is 10.9. The number of ether oxygens (including phenoxy) is 1. The summed E-state index contributed by atoms with van der Waals surface area (Å²) in [6.45, 7) is 1.43. The molecule has 4 rings (SSSR count). The SMILES string of the molecule is Cc1cc(-c2nnc(Cc3cc(C4OC(CO)C(O)C(O)C4O)ccc3Cl)s2)ccn1. The molecule has 3 heterocycles. The number of aliphatic hydroxyl groups excluding tert-OH is 4. The Hall–Kier alpha value is -1.98. The summed E-state index contributed by atoms with van der Waals surface area (Å²) in [5.74, 6) is 0. The molecule has 1 fully saturated rings. The predicted octanol–water partition coefficient (Wildman–Crippen LogP) is 1.67. The lowest BCUT2D eigenvalue weighted by atomic mass is 9.90. The standard InChI is InChI=1S/C21H22ClN3O5S/c1-10-6-12(4-5-23-10)21-25-24-16(31-21)8-13-7-11(2-3-14(13)22)20-19(29)18(28)17(27)15(9-26)30-20/h2-7,15,17-20,26-29H,8-9H2,1H3. The van der Waals surface area contributed by atoms with Crippen LogP contribution in [0.2, 0.25) is 5.02 Å². The molecule has 5 atom stereocenters. The number of pyridine rings is 1. The molecule has 0 amide bonds. The van der Waals surface area contributed by atoms with Crippen LogP contribution >= 0.6 is 22.9 Å². The number of aliphatic hydroxyl groups is 4. The average Bonchev–Trinajstić information content (AvgIpc) is 3.23. The van der Waals surface area contributed by atoms with E-state index in [-0.39, 0.29) is 0 Å². The molecule has 1 saturated heterocycles. The first-order chi connectivity index (χ1) is 14.9. The van der Waals surface area contributed by atoms with E-state index in [4.69, 9.17) is 16.3 Å². The predicted molar refractivity (Wildman–Crippen MR) is 115 cm³/mol. The van der Waals surface area contributed by atoms with Gasteiger partial charge in [0.15, 0.2) is 0 Å². The van der Waals surface area contributed by atoms with Gasteiger partial charge in [-0.1, -0.05) is 35.1 Å². The minimum atomic E-state index is -1.44. The maximum atomic E-state index is 10.4. The molecule has 1 aliphatic heterocycles. The molecule has 1 aromatic carbocycles. The summed E-state index contributed by atoms with van der Waals surface area (Å²) >= 11 is 7.84. The van der Waals surface area contributed by atoms with Crippen LogP contribution in [0.3, 0.4) is 0 Å². The Balaban J connectivity index is 1.58. The zero-order chi connectivity index (χ0) is 22.1. The van der Waals surface area contributed by atoms with E-state index < -0.39 is 37.1 Å². The highest BCUT2D eigenvalue weighted by molar-refractivity contribution is 7.14. The van der Waals surface area contributed by atoms with Crippen LogP contribution in [0.5, 0.6) is 0 Å². The van der Waals surface area contributed by atoms with E-state index in [9.17, 15) is 20.4 Å². The van der Waals surface area contributed by atoms with Crippen molar-refractivity contribution >= 4 is 22.9 Å². The van der Waals surface area contributed by atoms with Gasteiger partial charge in [0.05, 0.1) is 6.61 Å². The van der Waals surface area contributed by atoms with Crippen molar-refractivity contribution in [1.29, 1.82) is 0 Å². The Bertz CT molecular complexity index is 1060. The monoisotopic (exact) mass is 463 g/mol. The number of hydrogen-bond donors (Lipinski definition) is 4. The van der Waals surface area contributed by atoms with Crippen molar-refractivity contribution in [3.8, 4) is 10.6 Å². The summed E-state index contributed by atoms with van der Waals surface area (Å²) in [6, 6.07) is 8.96. The Labute approximate surface area is 187 Å². The molecule has 8 nitrogen and oxygen atoms in total. The largest absolute Gasteiger partial charge is 0.394 e.